The maximum Gasteiger partial charge on any atom is 0.338 e. The van der Waals surface area contributed by atoms with Crippen molar-refractivity contribution >= 4 is 11.8 Å². The zero-order valence-corrected chi connectivity index (χ0v) is 10.3. The van der Waals surface area contributed by atoms with Crippen LogP contribution in [0, 0.1) is 5.92 Å². The molecule has 0 aromatic heterocycles. The Morgan fingerprint density at radius 2 is 1.71 bits per heavy atom. The Morgan fingerprint density at radius 1 is 1.18 bits per heavy atom. The average molecular weight is 232 g/mol. The summed E-state index contributed by atoms with van der Waals surface area (Å²) in [5, 5.41) is 0. The van der Waals surface area contributed by atoms with Crippen molar-refractivity contribution in [3.05, 3.63) is 42.0 Å². The smallest absolute Gasteiger partial charge is 0.338 e. The summed E-state index contributed by atoms with van der Waals surface area (Å²) < 4.78 is 5.02. The van der Waals surface area contributed by atoms with Gasteiger partial charge >= 0.3 is 5.97 Å². The number of benzene rings is 1. The number of ketones is 1. The van der Waals surface area contributed by atoms with E-state index < -0.39 is 5.97 Å². The molecule has 0 amide bonds. The molecule has 0 saturated carbocycles. The molecule has 0 aliphatic rings. The fraction of sp³-hybridized carbons (Fsp3) is 0.286. The van der Waals surface area contributed by atoms with Crippen molar-refractivity contribution in [1.82, 2.24) is 0 Å². The normalized spacial score (nSPS) is 10.1. The molecule has 1 aromatic carbocycles. The highest BCUT2D eigenvalue weighted by molar-refractivity contribution is 5.97. The van der Waals surface area contributed by atoms with Gasteiger partial charge in [-0.1, -0.05) is 20.4 Å². The standard InChI is InChI=1S/C14H16O3/c1-9(2)13(15)11-5-7-12(8-6-11)17-14(16)10(3)4/h5-9H,3H2,1-2,4H3. The van der Waals surface area contributed by atoms with Gasteiger partial charge in [-0.15, -0.1) is 0 Å². The summed E-state index contributed by atoms with van der Waals surface area (Å²) in [6.45, 7) is 8.76. The van der Waals surface area contributed by atoms with Crippen LogP contribution in [0.2, 0.25) is 0 Å². The molecule has 0 N–H and O–H groups in total. The SMILES string of the molecule is C=C(C)C(=O)Oc1ccc(C(=O)C(C)C)cc1. The molecule has 1 aromatic rings. The van der Waals surface area contributed by atoms with E-state index in [1.807, 2.05) is 13.8 Å². The van der Waals surface area contributed by atoms with E-state index in [-0.39, 0.29) is 11.7 Å². The van der Waals surface area contributed by atoms with Crippen molar-refractivity contribution in [1.29, 1.82) is 0 Å². The van der Waals surface area contributed by atoms with Crippen LogP contribution < -0.4 is 4.74 Å². The van der Waals surface area contributed by atoms with E-state index in [0.29, 0.717) is 16.9 Å². The van der Waals surface area contributed by atoms with Crippen LogP contribution in [0.1, 0.15) is 31.1 Å². The number of esters is 1. The molecule has 17 heavy (non-hydrogen) atoms. The Balaban J connectivity index is 2.78. The first-order chi connectivity index (χ1) is 7.91. The van der Waals surface area contributed by atoms with Crippen LogP contribution in [0.4, 0.5) is 0 Å². The van der Waals surface area contributed by atoms with Crippen molar-refractivity contribution in [3.63, 3.8) is 0 Å². The molecule has 0 radical (unpaired) electrons. The quantitative estimate of drug-likeness (QED) is 0.347. The van der Waals surface area contributed by atoms with Crippen LogP contribution >= 0.6 is 0 Å². The fourth-order valence-electron chi connectivity index (χ4n) is 1.21. The summed E-state index contributed by atoms with van der Waals surface area (Å²) in [6.07, 6.45) is 0. The predicted octanol–water partition coefficient (Wildman–Crippen LogP) is 3.01. The predicted molar refractivity (Wildman–Crippen MR) is 66.1 cm³/mol. The third-order valence-electron chi connectivity index (χ3n) is 2.22. The molecule has 0 fully saturated rings. The Hall–Kier alpha value is -1.90. The second kappa shape index (κ2) is 5.43. The molecule has 3 nitrogen and oxygen atoms in total. The molecule has 0 aliphatic carbocycles. The van der Waals surface area contributed by atoms with Gasteiger partial charge in [-0.25, -0.2) is 4.79 Å². The van der Waals surface area contributed by atoms with Crippen LogP contribution in [-0.2, 0) is 4.79 Å². The molecule has 0 saturated heterocycles. The number of carbonyl (C=O) groups excluding carboxylic acids is 2. The molecule has 3 heteroatoms. The van der Waals surface area contributed by atoms with Crippen molar-refractivity contribution in [2.24, 2.45) is 5.92 Å². The lowest BCUT2D eigenvalue weighted by Gasteiger charge is -2.06. The highest BCUT2D eigenvalue weighted by atomic mass is 16.5. The third-order valence-corrected chi connectivity index (χ3v) is 2.22. The molecular weight excluding hydrogens is 216 g/mol. The van der Waals surface area contributed by atoms with E-state index >= 15 is 0 Å². The van der Waals surface area contributed by atoms with Gasteiger partial charge in [0.05, 0.1) is 0 Å². The summed E-state index contributed by atoms with van der Waals surface area (Å²) in [6, 6.07) is 6.53. The van der Waals surface area contributed by atoms with E-state index in [0.717, 1.165) is 0 Å². The summed E-state index contributed by atoms with van der Waals surface area (Å²) in [5.41, 5.74) is 0.961. The molecule has 0 aliphatic heterocycles. The van der Waals surface area contributed by atoms with Gasteiger partial charge in [-0.05, 0) is 31.2 Å². The molecule has 0 atom stereocenters. The van der Waals surface area contributed by atoms with Gasteiger partial charge in [0, 0.05) is 17.1 Å². The highest BCUT2D eigenvalue weighted by Crippen LogP contribution is 2.15. The number of hydrogen-bond acceptors (Lipinski definition) is 3. The van der Waals surface area contributed by atoms with Gasteiger partial charge < -0.3 is 4.74 Å². The third kappa shape index (κ3) is 3.55. The summed E-state index contributed by atoms with van der Waals surface area (Å²) >= 11 is 0. The van der Waals surface area contributed by atoms with Crippen LogP contribution in [0.3, 0.4) is 0 Å². The van der Waals surface area contributed by atoms with Crippen LogP contribution in [-0.4, -0.2) is 11.8 Å². The van der Waals surface area contributed by atoms with Crippen molar-refractivity contribution in [3.8, 4) is 5.75 Å². The Morgan fingerprint density at radius 3 is 2.12 bits per heavy atom. The van der Waals surface area contributed by atoms with Gasteiger partial charge in [-0.2, -0.15) is 0 Å². The number of Topliss-reactive ketones (excluding diaryl/α,β-unsaturated/α-hetero) is 1. The molecule has 0 spiro atoms. The van der Waals surface area contributed by atoms with Gasteiger partial charge in [-0.3, -0.25) is 4.79 Å². The highest BCUT2D eigenvalue weighted by Gasteiger charge is 2.11. The maximum absolute atomic E-state index is 11.7. The Kier molecular flexibility index (Phi) is 4.21. The van der Waals surface area contributed by atoms with E-state index in [4.69, 9.17) is 4.74 Å². The summed E-state index contributed by atoms with van der Waals surface area (Å²) in [4.78, 5) is 22.9. The number of ether oxygens (including phenoxy) is 1. The van der Waals surface area contributed by atoms with Gasteiger partial charge in [0.2, 0.25) is 0 Å². The first kappa shape index (κ1) is 13.2. The number of carbonyl (C=O) groups is 2. The molecule has 0 unspecified atom stereocenters. The zero-order valence-electron chi connectivity index (χ0n) is 10.3. The lowest BCUT2D eigenvalue weighted by molar-refractivity contribution is -0.130. The van der Waals surface area contributed by atoms with Gasteiger partial charge in [0.25, 0.3) is 0 Å². The minimum absolute atomic E-state index is 0.0428. The zero-order chi connectivity index (χ0) is 13.0. The van der Waals surface area contributed by atoms with Crippen LogP contribution in [0.15, 0.2) is 36.4 Å². The molecule has 0 bridgehead atoms. The van der Waals surface area contributed by atoms with Crippen LogP contribution in [0.5, 0.6) is 5.75 Å². The Bertz CT molecular complexity index is 441. The second-order valence-electron chi connectivity index (χ2n) is 4.21. The minimum Gasteiger partial charge on any atom is -0.423 e. The molecule has 0 heterocycles. The lowest BCUT2D eigenvalue weighted by Crippen LogP contribution is -2.09. The second-order valence-corrected chi connectivity index (χ2v) is 4.21. The van der Waals surface area contributed by atoms with Gasteiger partial charge in [0.1, 0.15) is 5.75 Å². The largest absolute Gasteiger partial charge is 0.423 e. The number of rotatable bonds is 4. The number of hydrogen-bond donors (Lipinski definition) is 0. The Labute approximate surface area is 101 Å². The average Bonchev–Trinajstić information content (AvgIpc) is 2.28. The van der Waals surface area contributed by atoms with Crippen LogP contribution in [0.25, 0.3) is 0 Å². The van der Waals surface area contributed by atoms with E-state index in [1.165, 1.54) is 0 Å². The van der Waals surface area contributed by atoms with E-state index in [1.54, 1.807) is 31.2 Å². The summed E-state index contributed by atoms with van der Waals surface area (Å²) in [7, 11) is 0. The first-order valence-electron chi connectivity index (χ1n) is 5.43. The molecule has 1 rings (SSSR count). The lowest BCUT2D eigenvalue weighted by atomic mass is 10.0. The van der Waals surface area contributed by atoms with Crippen molar-refractivity contribution < 1.29 is 14.3 Å². The maximum atomic E-state index is 11.7. The van der Waals surface area contributed by atoms with Crippen molar-refractivity contribution in [2.45, 2.75) is 20.8 Å². The minimum atomic E-state index is -0.465. The van der Waals surface area contributed by atoms with Crippen molar-refractivity contribution in [2.75, 3.05) is 0 Å². The fourth-order valence-corrected chi connectivity index (χ4v) is 1.21. The molecular formula is C14H16O3. The molecule has 90 valence electrons. The van der Waals surface area contributed by atoms with Gasteiger partial charge in [0.15, 0.2) is 5.78 Å². The van der Waals surface area contributed by atoms with E-state index in [2.05, 4.69) is 6.58 Å². The summed E-state index contributed by atoms with van der Waals surface area (Å²) in [5.74, 6) is -0.0205. The topological polar surface area (TPSA) is 43.4 Å². The monoisotopic (exact) mass is 232 g/mol. The first-order valence-corrected chi connectivity index (χ1v) is 5.43. The van der Waals surface area contributed by atoms with E-state index in [9.17, 15) is 9.59 Å².